The van der Waals surface area contributed by atoms with Crippen LogP contribution in [-0.2, 0) is 22.6 Å². The summed E-state index contributed by atoms with van der Waals surface area (Å²) >= 11 is 0. The Labute approximate surface area is 137 Å². The van der Waals surface area contributed by atoms with E-state index in [1.54, 1.807) is 6.20 Å². The summed E-state index contributed by atoms with van der Waals surface area (Å²) in [6.45, 7) is 0.916. The van der Waals surface area contributed by atoms with E-state index < -0.39 is 12.0 Å². The van der Waals surface area contributed by atoms with Gasteiger partial charge in [-0.05, 0) is 19.3 Å². The number of aliphatic hydroxyl groups excluding tert-OH is 1. The topological polar surface area (TPSA) is 129 Å². The van der Waals surface area contributed by atoms with Gasteiger partial charge in [-0.25, -0.2) is 4.68 Å². The molecule has 0 saturated carbocycles. The molecule has 0 aromatic carbocycles. The van der Waals surface area contributed by atoms with Crippen molar-refractivity contribution in [3.63, 3.8) is 0 Å². The van der Waals surface area contributed by atoms with Crippen molar-refractivity contribution in [2.24, 2.45) is 0 Å². The van der Waals surface area contributed by atoms with E-state index in [9.17, 15) is 9.59 Å². The Morgan fingerprint density at radius 2 is 2.17 bits per heavy atom. The Kier molecular flexibility index (Phi) is 9.35. The second-order valence-electron chi connectivity index (χ2n) is 5.10. The number of aryl methyl sites for hydroxylation is 1. The van der Waals surface area contributed by atoms with Gasteiger partial charge in [-0.3, -0.25) is 14.7 Å². The summed E-state index contributed by atoms with van der Waals surface area (Å²) in [6.07, 6.45) is 4.49. The third-order valence-electron chi connectivity index (χ3n) is 3.26. The van der Waals surface area contributed by atoms with E-state index in [1.807, 2.05) is 0 Å². The Morgan fingerprint density at radius 1 is 1.39 bits per heavy atom. The van der Waals surface area contributed by atoms with Gasteiger partial charge >= 0.3 is 5.97 Å². The number of amides is 1. The molecule has 0 aliphatic rings. The summed E-state index contributed by atoms with van der Waals surface area (Å²) in [5.74, 6) is -0.945. The zero-order chi connectivity index (χ0) is 17.1. The summed E-state index contributed by atoms with van der Waals surface area (Å²) in [7, 11) is 2.21. The van der Waals surface area contributed by atoms with Crippen LogP contribution in [0.4, 0.5) is 0 Å². The molecule has 9 nitrogen and oxygen atoms in total. The number of carboxylic acid groups (broad SMARTS) is 1. The van der Waals surface area contributed by atoms with Crippen molar-refractivity contribution in [1.82, 2.24) is 25.4 Å². The van der Waals surface area contributed by atoms with Crippen LogP contribution in [-0.4, -0.2) is 56.3 Å². The molecule has 1 aromatic rings. The van der Waals surface area contributed by atoms with Gasteiger partial charge in [-0.1, -0.05) is 14.6 Å². The summed E-state index contributed by atoms with van der Waals surface area (Å²) in [5, 5.41) is 30.8. The third-order valence-corrected chi connectivity index (χ3v) is 3.67. The molecule has 10 heteroatoms. The van der Waals surface area contributed by atoms with Crippen LogP contribution >= 0.6 is 9.39 Å². The van der Waals surface area contributed by atoms with Gasteiger partial charge in [0.05, 0.1) is 18.8 Å². The molecule has 0 aliphatic heterocycles. The van der Waals surface area contributed by atoms with Crippen molar-refractivity contribution in [2.75, 3.05) is 13.2 Å². The number of unbranched alkanes of at least 4 members (excludes halogenated alkanes) is 1. The Hall–Kier alpha value is -1.57. The van der Waals surface area contributed by atoms with Crippen LogP contribution in [0.3, 0.4) is 0 Å². The first-order valence-electron chi connectivity index (χ1n) is 7.52. The highest BCUT2D eigenvalue weighted by atomic mass is 31.0. The van der Waals surface area contributed by atoms with Gasteiger partial charge < -0.3 is 15.5 Å². The number of nitrogens with zero attached hydrogens (tertiary/aromatic N) is 3. The van der Waals surface area contributed by atoms with Gasteiger partial charge in [0, 0.05) is 25.6 Å². The second kappa shape index (κ2) is 11.0. The molecule has 1 rings (SSSR count). The molecular formula is C13H24N5O4P. The number of aliphatic hydroxyl groups is 1. The molecule has 1 heterocycles. The quantitative estimate of drug-likeness (QED) is 0.292. The fraction of sp³-hybridized carbons (Fsp3) is 0.692. The zero-order valence-corrected chi connectivity index (χ0v) is 14.1. The minimum atomic E-state index is -0.877. The SMILES string of the molecule is O=C(CCc1cn(CCO)nn1)NCCCC[C@H](NP)C(=O)O. The molecule has 0 fully saturated rings. The molecule has 4 N–H and O–H groups in total. The van der Waals surface area contributed by atoms with Crippen molar-refractivity contribution in [1.29, 1.82) is 0 Å². The Balaban J connectivity index is 2.11. The number of rotatable bonds is 12. The third kappa shape index (κ3) is 8.01. The van der Waals surface area contributed by atoms with Gasteiger partial charge in [-0.15, -0.1) is 5.10 Å². The average molecular weight is 345 g/mol. The number of hydrogen-bond donors (Lipinski definition) is 4. The number of carbonyl (C=O) groups is 2. The van der Waals surface area contributed by atoms with E-state index in [4.69, 9.17) is 10.2 Å². The van der Waals surface area contributed by atoms with Crippen LogP contribution in [0.25, 0.3) is 0 Å². The number of aliphatic carboxylic acids is 1. The molecule has 0 aliphatic carbocycles. The summed E-state index contributed by atoms with van der Waals surface area (Å²) in [4.78, 5) is 22.5. The second-order valence-corrected chi connectivity index (χ2v) is 5.43. The lowest BCUT2D eigenvalue weighted by Crippen LogP contribution is -2.30. The molecule has 0 spiro atoms. The first kappa shape index (κ1) is 19.5. The van der Waals surface area contributed by atoms with E-state index in [0.29, 0.717) is 44.5 Å². The summed E-state index contributed by atoms with van der Waals surface area (Å²) < 4.78 is 1.53. The minimum Gasteiger partial charge on any atom is -0.480 e. The van der Waals surface area contributed by atoms with Crippen molar-refractivity contribution in [3.8, 4) is 0 Å². The predicted molar refractivity (Wildman–Crippen MR) is 86.6 cm³/mol. The first-order valence-corrected chi connectivity index (χ1v) is 8.10. The molecular weight excluding hydrogens is 321 g/mol. The Morgan fingerprint density at radius 3 is 2.83 bits per heavy atom. The maximum atomic E-state index is 11.7. The van der Waals surface area contributed by atoms with E-state index in [0.717, 1.165) is 6.42 Å². The maximum Gasteiger partial charge on any atom is 0.320 e. The molecule has 0 saturated heterocycles. The maximum absolute atomic E-state index is 11.7. The number of nitrogens with one attached hydrogen (secondary N) is 2. The standard InChI is InChI=1S/C13H24N5O4P/c19-8-7-18-9-10(15-17-18)4-5-12(20)14-6-2-1-3-11(16-23)13(21)22/h9,11,16,19H,1-8,23H2,(H,14,20)(H,21,22)/t11-/m0/s1. The number of hydrogen-bond acceptors (Lipinski definition) is 6. The smallest absolute Gasteiger partial charge is 0.320 e. The first-order chi connectivity index (χ1) is 11.1. The van der Waals surface area contributed by atoms with Crippen molar-refractivity contribution >= 4 is 21.3 Å². The molecule has 2 atom stereocenters. The molecule has 1 unspecified atom stereocenters. The molecule has 1 aromatic heterocycles. The van der Waals surface area contributed by atoms with Gasteiger partial charge in [-0.2, -0.15) is 0 Å². The number of carbonyl (C=O) groups excluding carboxylic acids is 1. The summed E-state index contributed by atoms with van der Waals surface area (Å²) in [5.41, 5.74) is 0.712. The average Bonchev–Trinajstić information content (AvgIpc) is 2.96. The fourth-order valence-electron chi connectivity index (χ4n) is 1.97. The van der Waals surface area contributed by atoms with Crippen LogP contribution in [0.5, 0.6) is 0 Å². The fourth-order valence-corrected chi connectivity index (χ4v) is 2.28. The van der Waals surface area contributed by atoms with Crippen LogP contribution in [0.1, 0.15) is 31.4 Å². The molecule has 0 bridgehead atoms. The highest BCUT2D eigenvalue weighted by Gasteiger charge is 2.13. The van der Waals surface area contributed by atoms with Crippen LogP contribution in [0.2, 0.25) is 0 Å². The highest BCUT2D eigenvalue weighted by molar-refractivity contribution is 7.13. The molecule has 23 heavy (non-hydrogen) atoms. The monoisotopic (exact) mass is 345 g/mol. The Bertz CT molecular complexity index is 496. The predicted octanol–water partition coefficient (Wildman–Crippen LogP) is -0.678. The lowest BCUT2D eigenvalue weighted by atomic mass is 10.1. The largest absolute Gasteiger partial charge is 0.480 e. The van der Waals surface area contributed by atoms with E-state index in [-0.39, 0.29) is 12.5 Å². The number of aromatic nitrogens is 3. The highest BCUT2D eigenvalue weighted by Crippen LogP contribution is 2.03. The normalized spacial score (nSPS) is 12.1. The van der Waals surface area contributed by atoms with E-state index >= 15 is 0 Å². The molecule has 130 valence electrons. The zero-order valence-electron chi connectivity index (χ0n) is 12.9. The van der Waals surface area contributed by atoms with Gasteiger partial charge in [0.2, 0.25) is 5.91 Å². The lowest BCUT2D eigenvalue weighted by Gasteiger charge is -2.10. The van der Waals surface area contributed by atoms with E-state index in [2.05, 4.69) is 30.1 Å². The van der Waals surface area contributed by atoms with Crippen molar-refractivity contribution < 1.29 is 19.8 Å². The van der Waals surface area contributed by atoms with Crippen LogP contribution in [0.15, 0.2) is 6.20 Å². The van der Waals surface area contributed by atoms with Gasteiger partial charge in [0.1, 0.15) is 6.04 Å². The molecule has 1 amide bonds. The van der Waals surface area contributed by atoms with Gasteiger partial charge in [0.25, 0.3) is 0 Å². The van der Waals surface area contributed by atoms with Gasteiger partial charge in [0.15, 0.2) is 0 Å². The van der Waals surface area contributed by atoms with E-state index in [1.165, 1.54) is 4.68 Å². The van der Waals surface area contributed by atoms with Crippen molar-refractivity contribution in [2.45, 2.75) is 44.7 Å². The van der Waals surface area contributed by atoms with Crippen LogP contribution < -0.4 is 10.4 Å². The lowest BCUT2D eigenvalue weighted by molar-refractivity contribution is -0.139. The van der Waals surface area contributed by atoms with Crippen molar-refractivity contribution in [3.05, 3.63) is 11.9 Å². The molecule has 0 radical (unpaired) electrons. The minimum absolute atomic E-state index is 0.00173. The number of carboxylic acids is 1. The summed E-state index contributed by atoms with van der Waals surface area (Å²) in [6, 6.07) is -0.572. The van der Waals surface area contributed by atoms with Crippen LogP contribution in [0, 0.1) is 0 Å².